The van der Waals surface area contributed by atoms with Gasteiger partial charge in [-0.15, -0.1) is 0 Å². The summed E-state index contributed by atoms with van der Waals surface area (Å²) in [6, 6.07) is 4.36. The van der Waals surface area contributed by atoms with Gasteiger partial charge >= 0.3 is 0 Å². The first kappa shape index (κ1) is 6.90. The number of fused-ring (bicyclic) bond motifs is 3. The molecule has 0 nitrogen and oxygen atoms in total. The van der Waals surface area contributed by atoms with E-state index in [1.165, 1.54) is 21.6 Å². The van der Waals surface area contributed by atoms with Crippen molar-refractivity contribution in [2.45, 2.75) is 6.42 Å². The van der Waals surface area contributed by atoms with E-state index in [4.69, 9.17) is 0 Å². The molecule has 0 atom stereocenters. The number of hydrogen-bond donors (Lipinski definition) is 0. The second kappa shape index (κ2) is 2.46. The van der Waals surface area contributed by atoms with E-state index in [0.29, 0.717) is 0 Å². The summed E-state index contributed by atoms with van der Waals surface area (Å²) >= 11 is 0. The zero-order valence-electron chi connectivity index (χ0n) is 7.25. The predicted octanol–water partition coefficient (Wildman–Crippen LogP) is 1.08. The summed E-state index contributed by atoms with van der Waals surface area (Å²) in [5.74, 6) is 0. The van der Waals surface area contributed by atoms with E-state index >= 15 is 0 Å². The van der Waals surface area contributed by atoms with Crippen molar-refractivity contribution in [1.29, 1.82) is 0 Å². The Labute approximate surface area is 77.2 Å². The Morgan fingerprint density at radius 2 is 2.00 bits per heavy atom. The van der Waals surface area contributed by atoms with Crippen LogP contribution in [0.25, 0.3) is 12.2 Å². The van der Waals surface area contributed by atoms with Gasteiger partial charge < -0.3 is 0 Å². The van der Waals surface area contributed by atoms with E-state index in [1.54, 1.807) is 0 Å². The molecule has 0 spiro atoms. The first-order valence-corrected chi connectivity index (χ1v) is 4.54. The molecule has 0 N–H and O–H groups in total. The van der Waals surface area contributed by atoms with Gasteiger partial charge in [0.1, 0.15) is 0 Å². The Balaban J connectivity index is 2.47. The number of hydrogen-bond acceptors (Lipinski definition) is 0. The van der Waals surface area contributed by atoms with Crippen molar-refractivity contribution >= 4 is 12.2 Å². The molecule has 1 radical (unpaired) electrons. The maximum atomic E-state index is 3.29. The van der Waals surface area contributed by atoms with Crippen LogP contribution >= 0.6 is 0 Å². The van der Waals surface area contributed by atoms with Crippen molar-refractivity contribution in [3.63, 3.8) is 0 Å². The van der Waals surface area contributed by atoms with E-state index in [-0.39, 0.29) is 0 Å². The van der Waals surface area contributed by atoms with Gasteiger partial charge in [0.05, 0.1) is 0 Å². The smallest absolute Gasteiger partial charge is 0.00639 e. The average molecular weight is 165 g/mol. The minimum atomic E-state index is 1.05. The fourth-order valence-corrected chi connectivity index (χ4v) is 1.94. The Morgan fingerprint density at radius 1 is 1.08 bits per heavy atom. The molecule has 13 heavy (non-hydrogen) atoms. The highest BCUT2D eigenvalue weighted by atomic mass is 14.1. The highest BCUT2D eigenvalue weighted by molar-refractivity contribution is 5.56. The molecule has 0 bridgehead atoms. The van der Waals surface area contributed by atoms with Crippen molar-refractivity contribution in [2.75, 3.05) is 0 Å². The van der Waals surface area contributed by atoms with Crippen LogP contribution in [0.5, 0.6) is 0 Å². The Bertz CT molecular complexity index is 528. The molecule has 0 heterocycles. The first-order valence-electron chi connectivity index (χ1n) is 4.54. The molecule has 0 aromatic heterocycles. The predicted molar refractivity (Wildman–Crippen MR) is 54.4 cm³/mol. The van der Waals surface area contributed by atoms with Crippen molar-refractivity contribution in [1.82, 2.24) is 0 Å². The average Bonchev–Trinajstić information content (AvgIpc) is 2.65. The summed E-state index contributed by atoms with van der Waals surface area (Å²) in [4.78, 5) is 0. The standard InChI is InChI=1S/C13H9/c1-2-6-12-10(4-1)8-9-11-5-3-7-13(11)12/h1-5,8-9H,6H2. The van der Waals surface area contributed by atoms with Gasteiger partial charge in [-0.1, -0.05) is 42.5 Å². The van der Waals surface area contributed by atoms with E-state index in [0.717, 1.165) is 6.42 Å². The van der Waals surface area contributed by atoms with Crippen LogP contribution in [0, 0.1) is 6.08 Å². The Kier molecular flexibility index (Phi) is 1.31. The summed E-state index contributed by atoms with van der Waals surface area (Å²) in [5, 5.41) is 2.65. The minimum absolute atomic E-state index is 1.05. The number of rotatable bonds is 0. The lowest BCUT2D eigenvalue weighted by molar-refractivity contribution is 1.19. The molecule has 0 unspecified atom stereocenters. The van der Waals surface area contributed by atoms with Crippen LogP contribution in [-0.2, 0) is 6.42 Å². The molecule has 1 aromatic carbocycles. The molecule has 2 aliphatic carbocycles. The minimum Gasteiger partial charge on any atom is -0.0801 e. The van der Waals surface area contributed by atoms with Crippen LogP contribution in [0.2, 0.25) is 0 Å². The fourth-order valence-electron chi connectivity index (χ4n) is 1.94. The van der Waals surface area contributed by atoms with Crippen LogP contribution in [0.15, 0.2) is 30.4 Å². The third-order valence-electron chi connectivity index (χ3n) is 2.61. The third-order valence-corrected chi connectivity index (χ3v) is 2.61. The Hall–Kier alpha value is -1.56. The van der Waals surface area contributed by atoms with Crippen LogP contribution in [0.3, 0.4) is 0 Å². The van der Waals surface area contributed by atoms with Gasteiger partial charge in [0.25, 0.3) is 0 Å². The zero-order chi connectivity index (χ0) is 8.67. The third kappa shape index (κ3) is 0.919. The summed E-state index contributed by atoms with van der Waals surface area (Å²) in [6.45, 7) is 0. The zero-order valence-corrected chi connectivity index (χ0v) is 7.25. The highest BCUT2D eigenvalue weighted by Gasteiger charge is 2.06. The first-order chi connectivity index (χ1) is 6.45. The quantitative estimate of drug-likeness (QED) is 0.539. The SMILES string of the molecule is [C]1=CC=c2ccc3c(c21)CC=CC=3. The molecule has 0 saturated heterocycles. The largest absolute Gasteiger partial charge is 0.0801 e. The Morgan fingerprint density at radius 3 is 3.00 bits per heavy atom. The van der Waals surface area contributed by atoms with Crippen LogP contribution in [0.1, 0.15) is 11.1 Å². The highest BCUT2D eigenvalue weighted by Crippen LogP contribution is 2.07. The molecule has 3 rings (SSSR count). The maximum absolute atomic E-state index is 3.29. The summed E-state index contributed by atoms with van der Waals surface area (Å²) in [7, 11) is 0. The van der Waals surface area contributed by atoms with Crippen LogP contribution < -0.4 is 10.4 Å². The molecule has 0 heteroatoms. The monoisotopic (exact) mass is 165 g/mol. The molecule has 61 valence electrons. The molecule has 0 fully saturated rings. The summed E-state index contributed by atoms with van der Waals surface area (Å²) < 4.78 is 0. The molecular weight excluding hydrogens is 156 g/mol. The van der Waals surface area contributed by atoms with E-state index < -0.39 is 0 Å². The van der Waals surface area contributed by atoms with Crippen molar-refractivity contribution in [3.05, 3.63) is 58.0 Å². The van der Waals surface area contributed by atoms with Crippen LogP contribution in [0.4, 0.5) is 0 Å². The van der Waals surface area contributed by atoms with Crippen molar-refractivity contribution in [3.8, 4) is 0 Å². The van der Waals surface area contributed by atoms with Gasteiger partial charge in [0, 0.05) is 0 Å². The molecule has 0 amide bonds. The lowest BCUT2D eigenvalue weighted by Gasteiger charge is -2.06. The van der Waals surface area contributed by atoms with Crippen LogP contribution in [-0.4, -0.2) is 0 Å². The molecule has 2 aliphatic rings. The lowest BCUT2D eigenvalue weighted by Crippen LogP contribution is -2.19. The van der Waals surface area contributed by atoms with E-state index in [9.17, 15) is 0 Å². The van der Waals surface area contributed by atoms with Crippen molar-refractivity contribution in [2.24, 2.45) is 0 Å². The van der Waals surface area contributed by atoms with E-state index in [1.807, 2.05) is 6.08 Å². The lowest BCUT2D eigenvalue weighted by atomic mass is 9.98. The normalized spacial score (nSPS) is 16.0. The van der Waals surface area contributed by atoms with Gasteiger partial charge in [-0.3, -0.25) is 0 Å². The topological polar surface area (TPSA) is 0 Å². The van der Waals surface area contributed by atoms with Gasteiger partial charge in [0.2, 0.25) is 0 Å². The number of allylic oxidation sites excluding steroid dienone is 3. The second-order valence-corrected chi connectivity index (χ2v) is 3.37. The van der Waals surface area contributed by atoms with E-state index in [2.05, 4.69) is 42.5 Å². The van der Waals surface area contributed by atoms with Gasteiger partial charge in [0.15, 0.2) is 0 Å². The number of benzene rings is 1. The van der Waals surface area contributed by atoms with Gasteiger partial charge in [-0.2, -0.15) is 0 Å². The summed E-state index contributed by atoms with van der Waals surface area (Å²) in [6.07, 6.45) is 14.9. The molecule has 0 aliphatic heterocycles. The maximum Gasteiger partial charge on any atom is -0.00639 e. The van der Waals surface area contributed by atoms with Gasteiger partial charge in [-0.25, -0.2) is 0 Å². The summed E-state index contributed by atoms with van der Waals surface area (Å²) in [5.41, 5.74) is 2.71. The van der Waals surface area contributed by atoms with Gasteiger partial charge in [-0.05, 0) is 34.1 Å². The molecule has 1 aromatic rings. The molecular formula is C13H9. The second-order valence-electron chi connectivity index (χ2n) is 3.37. The molecule has 0 saturated carbocycles. The fraction of sp³-hybridized carbons (Fsp3) is 0.0769. The van der Waals surface area contributed by atoms with Crippen molar-refractivity contribution < 1.29 is 0 Å².